The predicted octanol–water partition coefficient (Wildman–Crippen LogP) is 1.36. The minimum atomic E-state index is 0.332. The van der Waals surface area contributed by atoms with Gasteiger partial charge in [-0.15, -0.1) is 0 Å². The number of nitrogens with zero attached hydrogens (tertiary/aromatic N) is 1. The van der Waals surface area contributed by atoms with Crippen LogP contribution in [0, 0.1) is 6.92 Å². The van der Waals surface area contributed by atoms with Crippen molar-refractivity contribution in [2.24, 2.45) is 5.73 Å². The topological polar surface area (TPSA) is 52.0 Å². The molecule has 1 aliphatic rings. The first-order valence-corrected chi connectivity index (χ1v) is 4.40. The minimum absolute atomic E-state index is 0.332. The van der Waals surface area contributed by atoms with Crippen LogP contribution in [0.15, 0.2) is 10.7 Å². The fourth-order valence-corrected chi connectivity index (χ4v) is 1.89. The van der Waals surface area contributed by atoms with E-state index in [1.165, 1.54) is 18.4 Å². The van der Waals surface area contributed by atoms with Gasteiger partial charge in [-0.05, 0) is 32.7 Å². The lowest BCUT2D eigenvalue weighted by Crippen LogP contribution is -2.13. The van der Waals surface area contributed by atoms with Gasteiger partial charge in [0.25, 0.3) is 0 Å². The molecule has 0 bridgehead atoms. The van der Waals surface area contributed by atoms with E-state index in [0.717, 1.165) is 18.7 Å². The van der Waals surface area contributed by atoms with Crippen molar-refractivity contribution in [1.29, 1.82) is 0 Å². The first-order chi connectivity index (χ1) is 5.78. The monoisotopic (exact) mass is 166 g/mol. The maximum atomic E-state index is 5.56. The molecule has 0 aromatic carbocycles. The van der Waals surface area contributed by atoms with Crippen LogP contribution in [0.25, 0.3) is 0 Å². The van der Waals surface area contributed by atoms with Gasteiger partial charge in [-0.25, -0.2) is 0 Å². The molecule has 1 aliphatic carbocycles. The highest BCUT2D eigenvalue weighted by Crippen LogP contribution is 2.51. The van der Waals surface area contributed by atoms with Crippen LogP contribution in [0.3, 0.4) is 0 Å². The van der Waals surface area contributed by atoms with E-state index in [2.05, 4.69) is 5.16 Å². The van der Waals surface area contributed by atoms with E-state index in [-0.39, 0.29) is 0 Å². The summed E-state index contributed by atoms with van der Waals surface area (Å²) in [5.41, 5.74) is 7.16. The molecular weight excluding hydrogens is 152 g/mol. The Bertz CT molecular complexity index is 276. The summed E-state index contributed by atoms with van der Waals surface area (Å²) < 4.78 is 5.05. The summed E-state index contributed by atoms with van der Waals surface area (Å²) in [4.78, 5) is 0. The van der Waals surface area contributed by atoms with Crippen molar-refractivity contribution in [3.63, 3.8) is 0 Å². The molecule has 0 unspecified atom stereocenters. The number of hydrogen-bond donors (Lipinski definition) is 1. The van der Waals surface area contributed by atoms with Gasteiger partial charge in [-0.1, -0.05) is 5.16 Å². The highest BCUT2D eigenvalue weighted by Gasteiger charge is 2.45. The Kier molecular flexibility index (Phi) is 1.68. The fraction of sp³-hybridized carbons (Fsp3) is 0.667. The average molecular weight is 166 g/mol. The van der Waals surface area contributed by atoms with Gasteiger partial charge in [0.2, 0.25) is 0 Å². The molecule has 0 atom stereocenters. The van der Waals surface area contributed by atoms with Crippen LogP contribution in [-0.2, 0) is 5.41 Å². The molecule has 1 fully saturated rings. The normalized spacial score (nSPS) is 19.5. The molecule has 1 heterocycles. The van der Waals surface area contributed by atoms with Crippen LogP contribution < -0.4 is 5.73 Å². The maximum Gasteiger partial charge on any atom is 0.137 e. The van der Waals surface area contributed by atoms with Crippen LogP contribution in [0.5, 0.6) is 0 Å². The fourth-order valence-electron chi connectivity index (χ4n) is 1.89. The lowest BCUT2D eigenvalue weighted by Gasteiger charge is -2.10. The molecule has 1 aromatic heterocycles. The van der Waals surface area contributed by atoms with Crippen LogP contribution in [-0.4, -0.2) is 11.7 Å². The van der Waals surface area contributed by atoms with Crippen molar-refractivity contribution >= 4 is 0 Å². The first-order valence-electron chi connectivity index (χ1n) is 4.40. The standard InChI is InChI=1S/C9H14N2O/c1-7-8(6-11-12-7)9(2-3-9)4-5-10/h6H,2-5,10H2,1H3. The second-order valence-electron chi connectivity index (χ2n) is 3.61. The molecule has 0 amide bonds. The third kappa shape index (κ3) is 1.05. The first kappa shape index (κ1) is 7.80. The summed E-state index contributed by atoms with van der Waals surface area (Å²) in [6, 6.07) is 0. The van der Waals surface area contributed by atoms with Crippen LogP contribution >= 0.6 is 0 Å². The van der Waals surface area contributed by atoms with Crippen LogP contribution in [0.1, 0.15) is 30.6 Å². The van der Waals surface area contributed by atoms with E-state index in [9.17, 15) is 0 Å². The summed E-state index contributed by atoms with van der Waals surface area (Å²) in [5, 5.41) is 3.79. The number of nitrogens with two attached hydrogens (primary N) is 1. The van der Waals surface area contributed by atoms with E-state index in [0.29, 0.717) is 5.41 Å². The summed E-state index contributed by atoms with van der Waals surface area (Å²) in [6.45, 7) is 2.73. The Morgan fingerprint density at radius 3 is 2.83 bits per heavy atom. The highest BCUT2D eigenvalue weighted by atomic mass is 16.5. The molecule has 0 saturated heterocycles. The van der Waals surface area contributed by atoms with E-state index in [1.807, 2.05) is 13.1 Å². The van der Waals surface area contributed by atoms with E-state index < -0.39 is 0 Å². The second-order valence-corrected chi connectivity index (χ2v) is 3.61. The van der Waals surface area contributed by atoms with Crippen molar-refractivity contribution in [3.05, 3.63) is 17.5 Å². The largest absolute Gasteiger partial charge is 0.361 e. The molecule has 2 rings (SSSR count). The van der Waals surface area contributed by atoms with E-state index in [4.69, 9.17) is 10.3 Å². The van der Waals surface area contributed by atoms with Gasteiger partial charge in [-0.3, -0.25) is 0 Å². The van der Waals surface area contributed by atoms with Gasteiger partial charge >= 0.3 is 0 Å². The summed E-state index contributed by atoms with van der Waals surface area (Å²) >= 11 is 0. The lowest BCUT2D eigenvalue weighted by atomic mass is 9.93. The Morgan fingerprint density at radius 1 is 1.67 bits per heavy atom. The molecule has 0 aliphatic heterocycles. The number of hydrogen-bond acceptors (Lipinski definition) is 3. The smallest absolute Gasteiger partial charge is 0.137 e. The molecule has 0 spiro atoms. The molecule has 1 saturated carbocycles. The summed E-state index contributed by atoms with van der Waals surface area (Å²) in [5.74, 6) is 0.959. The zero-order valence-corrected chi connectivity index (χ0v) is 7.34. The predicted molar refractivity (Wildman–Crippen MR) is 45.8 cm³/mol. The van der Waals surface area contributed by atoms with Gasteiger partial charge in [0, 0.05) is 11.0 Å². The molecule has 3 heteroatoms. The molecule has 0 radical (unpaired) electrons. The third-order valence-electron chi connectivity index (χ3n) is 2.80. The second kappa shape index (κ2) is 2.59. The molecule has 66 valence electrons. The minimum Gasteiger partial charge on any atom is -0.361 e. The Labute approximate surface area is 71.9 Å². The Hall–Kier alpha value is -0.830. The van der Waals surface area contributed by atoms with Gasteiger partial charge in [0.1, 0.15) is 5.76 Å². The number of aromatic nitrogens is 1. The van der Waals surface area contributed by atoms with Crippen molar-refractivity contribution < 1.29 is 4.52 Å². The highest BCUT2D eigenvalue weighted by molar-refractivity contribution is 5.30. The van der Waals surface area contributed by atoms with Gasteiger partial charge in [0.15, 0.2) is 0 Å². The van der Waals surface area contributed by atoms with E-state index in [1.54, 1.807) is 0 Å². The van der Waals surface area contributed by atoms with Crippen LogP contribution in [0.4, 0.5) is 0 Å². The zero-order valence-electron chi connectivity index (χ0n) is 7.34. The maximum absolute atomic E-state index is 5.56. The Balaban J connectivity index is 2.24. The molecular formula is C9H14N2O. The van der Waals surface area contributed by atoms with Crippen molar-refractivity contribution in [2.45, 2.75) is 31.6 Å². The number of aryl methyl sites for hydroxylation is 1. The van der Waals surface area contributed by atoms with Crippen molar-refractivity contribution in [3.8, 4) is 0 Å². The molecule has 12 heavy (non-hydrogen) atoms. The van der Waals surface area contributed by atoms with Gasteiger partial charge in [0.05, 0.1) is 6.20 Å². The zero-order chi connectivity index (χ0) is 8.60. The van der Waals surface area contributed by atoms with E-state index >= 15 is 0 Å². The van der Waals surface area contributed by atoms with Gasteiger partial charge in [-0.2, -0.15) is 0 Å². The summed E-state index contributed by atoms with van der Waals surface area (Å²) in [6.07, 6.45) is 5.39. The van der Waals surface area contributed by atoms with Crippen molar-refractivity contribution in [1.82, 2.24) is 5.16 Å². The SMILES string of the molecule is Cc1oncc1C1(CCN)CC1. The lowest BCUT2D eigenvalue weighted by molar-refractivity contribution is 0.394. The summed E-state index contributed by atoms with van der Waals surface area (Å²) in [7, 11) is 0. The van der Waals surface area contributed by atoms with Gasteiger partial charge < -0.3 is 10.3 Å². The van der Waals surface area contributed by atoms with Crippen molar-refractivity contribution in [2.75, 3.05) is 6.54 Å². The molecule has 1 aromatic rings. The Morgan fingerprint density at radius 2 is 2.42 bits per heavy atom. The van der Waals surface area contributed by atoms with Crippen LogP contribution in [0.2, 0.25) is 0 Å². The molecule has 3 nitrogen and oxygen atoms in total. The quantitative estimate of drug-likeness (QED) is 0.737. The molecule has 2 N–H and O–H groups in total. The number of rotatable bonds is 3. The third-order valence-corrected chi connectivity index (χ3v) is 2.80. The average Bonchev–Trinajstić information content (AvgIpc) is 2.68.